The van der Waals surface area contributed by atoms with Crippen LogP contribution in [0.2, 0.25) is 0 Å². The van der Waals surface area contributed by atoms with Gasteiger partial charge in [0.1, 0.15) is 6.29 Å². The second-order valence-corrected chi connectivity index (χ2v) is 7.34. The van der Waals surface area contributed by atoms with E-state index in [0.717, 1.165) is 31.5 Å². The minimum Gasteiger partial charge on any atom is -0.478 e. The number of aliphatic carboxylic acids is 2. The fourth-order valence-corrected chi connectivity index (χ4v) is 3.47. The Labute approximate surface area is 182 Å². The van der Waals surface area contributed by atoms with E-state index in [9.17, 15) is 14.4 Å². The third-order valence-electron chi connectivity index (χ3n) is 5.13. The molecule has 0 saturated carbocycles. The summed E-state index contributed by atoms with van der Waals surface area (Å²) < 4.78 is 0. The molecule has 2 N–H and O–H groups in total. The first-order valence-electron chi connectivity index (χ1n) is 10.1. The maximum atomic E-state index is 10.7. The zero-order chi connectivity index (χ0) is 22.6. The number of nitrogens with zero attached hydrogens (tertiary/aromatic N) is 2. The van der Waals surface area contributed by atoms with E-state index in [1.165, 1.54) is 24.1 Å². The van der Waals surface area contributed by atoms with E-state index < -0.39 is 11.9 Å². The van der Waals surface area contributed by atoms with Gasteiger partial charge in [-0.1, -0.05) is 30.3 Å². The van der Waals surface area contributed by atoms with Gasteiger partial charge in [0.2, 0.25) is 0 Å². The Morgan fingerprint density at radius 2 is 1.52 bits per heavy atom. The Kier molecular flexibility index (Phi) is 9.45. The van der Waals surface area contributed by atoms with Gasteiger partial charge >= 0.3 is 11.9 Å². The molecule has 1 fully saturated rings. The third kappa shape index (κ3) is 8.44. The lowest BCUT2D eigenvalue weighted by Gasteiger charge is -2.38. The largest absolute Gasteiger partial charge is 0.478 e. The van der Waals surface area contributed by atoms with Crippen molar-refractivity contribution in [3.8, 4) is 0 Å². The van der Waals surface area contributed by atoms with Gasteiger partial charge in [0.15, 0.2) is 0 Å². The molecule has 1 aliphatic heterocycles. The Balaban J connectivity index is 0.000000366. The lowest BCUT2D eigenvalue weighted by molar-refractivity contribution is -0.134. The molecule has 0 aliphatic carbocycles. The number of hydrogen-bond donors (Lipinski definition) is 2. The average Bonchev–Trinajstić information content (AvgIpc) is 2.79. The van der Waals surface area contributed by atoms with Gasteiger partial charge in [-0.2, -0.15) is 0 Å². The molecule has 164 valence electrons. The summed E-state index contributed by atoms with van der Waals surface area (Å²) in [5.74, 6) is -2.51. The van der Waals surface area contributed by atoms with E-state index in [2.05, 4.69) is 59.3 Å². The first kappa shape index (κ1) is 23.8. The summed E-state index contributed by atoms with van der Waals surface area (Å²) in [5.41, 5.74) is 3.34. The zero-order valence-corrected chi connectivity index (χ0v) is 17.6. The summed E-state index contributed by atoms with van der Waals surface area (Å²) >= 11 is 0. The van der Waals surface area contributed by atoms with Crippen molar-refractivity contribution in [3.05, 3.63) is 77.9 Å². The minimum absolute atomic E-state index is 0.558. The third-order valence-corrected chi connectivity index (χ3v) is 5.13. The molecule has 7 nitrogen and oxygen atoms in total. The van der Waals surface area contributed by atoms with Gasteiger partial charge in [0.05, 0.1) is 0 Å². The molecule has 0 radical (unpaired) electrons. The lowest BCUT2D eigenvalue weighted by Crippen LogP contribution is -2.43. The van der Waals surface area contributed by atoms with Gasteiger partial charge in [0.25, 0.3) is 0 Å². The highest BCUT2D eigenvalue weighted by molar-refractivity contribution is 5.89. The van der Waals surface area contributed by atoms with Gasteiger partial charge in [-0.25, -0.2) is 9.59 Å². The van der Waals surface area contributed by atoms with Crippen LogP contribution in [0.15, 0.2) is 66.7 Å². The van der Waals surface area contributed by atoms with Crippen molar-refractivity contribution in [3.63, 3.8) is 0 Å². The van der Waals surface area contributed by atoms with Crippen LogP contribution in [-0.4, -0.2) is 59.5 Å². The van der Waals surface area contributed by atoms with Crippen LogP contribution in [0, 0.1) is 0 Å². The molecule has 3 rings (SSSR count). The number of carboxylic acids is 2. The SMILES string of the molecule is CN(Cc1ccccc1)C1CCN(c2ccc(C=O)cc2)CC1.O=C(O)/C=C/C(=O)O. The van der Waals surface area contributed by atoms with Crippen LogP contribution in [0.3, 0.4) is 0 Å². The molecular weight excluding hydrogens is 396 g/mol. The molecular formula is C24H28N2O5. The van der Waals surface area contributed by atoms with E-state index in [0.29, 0.717) is 18.2 Å². The summed E-state index contributed by atoms with van der Waals surface area (Å²) in [4.78, 5) is 34.7. The highest BCUT2D eigenvalue weighted by Gasteiger charge is 2.22. The molecule has 31 heavy (non-hydrogen) atoms. The van der Waals surface area contributed by atoms with Crippen LogP contribution < -0.4 is 4.90 Å². The van der Waals surface area contributed by atoms with E-state index in [1.54, 1.807) is 0 Å². The van der Waals surface area contributed by atoms with Crippen LogP contribution in [-0.2, 0) is 16.1 Å². The number of carbonyl (C=O) groups excluding carboxylic acids is 1. The van der Waals surface area contributed by atoms with Crippen molar-refractivity contribution < 1.29 is 24.6 Å². The zero-order valence-electron chi connectivity index (χ0n) is 17.6. The summed E-state index contributed by atoms with van der Waals surface area (Å²) in [6.07, 6.45) is 4.37. The van der Waals surface area contributed by atoms with Crippen molar-refractivity contribution in [2.45, 2.75) is 25.4 Å². The predicted octanol–water partition coefficient (Wildman–Crippen LogP) is 3.31. The van der Waals surface area contributed by atoms with Crippen molar-refractivity contribution in [1.82, 2.24) is 4.90 Å². The van der Waals surface area contributed by atoms with Gasteiger partial charge in [-0.15, -0.1) is 0 Å². The number of carbonyl (C=O) groups is 3. The smallest absolute Gasteiger partial charge is 0.328 e. The first-order valence-corrected chi connectivity index (χ1v) is 10.1. The molecule has 0 atom stereocenters. The number of anilines is 1. The highest BCUT2D eigenvalue weighted by atomic mass is 16.4. The fraction of sp³-hybridized carbons (Fsp3) is 0.292. The molecule has 0 unspecified atom stereocenters. The molecule has 1 aliphatic rings. The van der Waals surface area contributed by atoms with E-state index in [1.807, 2.05) is 12.1 Å². The highest BCUT2D eigenvalue weighted by Crippen LogP contribution is 2.23. The minimum atomic E-state index is -1.26. The monoisotopic (exact) mass is 424 g/mol. The molecule has 1 saturated heterocycles. The Morgan fingerprint density at radius 1 is 0.968 bits per heavy atom. The summed E-state index contributed by atoms with van der Waals surface area (Å²) in [6.45, 7) is 3.16. The van der Waals surface area contributed by atoms with Crippen molar-refractivity contribution >= 4 is 23.9 Å². The van der Waals surface area contributed by atoms with Crippen molar-refractivity contribution in [2.75, 3.05) is 25.0 Å². The van der Waals surface area contributed by atoms with Gasteiger partial charge in [-0.3, -0.25) is 9.69 Å². The van der Waals surface area contributed by atoms with Crippen molar-refractivity contribution in [1.29, 1.82) is 0 Å². The van der Waals surface area contributed by atoms with Crippen LogP contribution in [0.1, 0.15) is 28.8 Å². The maximum Gasteiger partial charge on any atom is 0.328 e. The molecule has 2 aromatic rings. The quantitative estimate of drug-likeness (QED) is 0.520. The molecule has 0 aromatic heterocycles. The summed E-state index contributed by atoms with van der Waals surface area (Å²) in [7, 11) is 2.23. The Bertz CT molecular complexity index is 857. The second-order valence-electron chi connectivity index (χ2n) is 7.34. The van der Waals surface area contributed by atoms with E-state index in [-0.39, 0.29) is 0 Å². The molecule has 0 bridgehead atoms. The second kappa shape index (κ2) is 12.3. The van der Waals surface area contributed by atoms with Crippen LogP contribution in [0.25, 0.3) is 0 Å². The van der Waals surface area contributed by atoms with Crippen LogP contribution in [0.4, 0.5) is 5.69 Å². The van der Waals surface area contributed by atoms with E-state index in [4.69, 9.17) is 10.2 Å². The van der Waals surface area contributed by atoms with Crippen LogP contribution >= 0.6 is 0 Å². The molecule has 1 heterocycles. The normalized spacial score (nSPS) is 14.2. The average molecular weight is 424 g/mol. The van der Waals surface area contributed by atoms with Gasteiger partial charge in [0, 0.05) is 49.1 Å². The Hall–Kier alpha value is -3.45. The first-order chi connectivity index (χ1) is 14.9. The maximum absolute atomic E-state index is 10.7. The predicted molar refractivity (Wildman–Crippen MR) is 119 cm³/mol. The van der Waals surface area contributed by atoms with Crippen molar-refractivity contribution in [2.24, 2.45) is 0 Å². The lowest BCUT2D eigenvalue weighted by atomic mass is 10.0. The van der Waals surface area contributed by atoms with Crippen LogP contribution in [0.5, 0.6) is 0 Å². The number of piperidine rings is 1. The number of hydrogen-bond acceptors (Lipinski definition) is 5. The topological polar surface area (TPSA) is 98.2 Å². The molecule has 0 spiro atoms. The van der Waals surface area contributed by atoms with E-state index >= 15 is 0 Å². The summed E-state index contributed by atoms with van der Waals surface area (Å²) in [6, 6.07) is 19.2. The number of aldehydes is 1. The molecule has 7 heteroatoms. The summed E-state index contributed by atoms with van der Waals surface area (Å²) in [5, 5.41) is 15.6. The van der Waals surface area contributed by atoms with Gasteiger partial charge in [-0.05, 0) is 49.7 Å². The van der Waals surface area contributed by atoms with Gasteiger partial charge < -0.3 is 15.1 Å². The standard InChI is InChI=1S/C20H24N2O.C4H4O4/c1-21(15-17-5-3-2-4-6-17)19-11-13-22(14-12-19)20-9-7-18(16-23)8-10-20;5-3(6)1-2-4(7)8/h2-10,16,19H,11-15H2,1H3;1-2H,(H,5,6)(H,7,8)/b;2-1+. The fourth-order valence-electron chi connectivity index (χ4n) is 3.47. The molecule has 0 amide bonds. The number of rotatable bonds is 7. The molecule has 2 aromatic carbocycles. The Morgan fingerprint density at radius 3 is 2.00 bits per heavy atom. The number of benzene rings is 2. The number of carboxylic acid groups (broad SMARTS) is 2.